The maximum absolute atomic E-state index is 12.0. The molecule has 0 saturated heterocycles. The van der Waals surface area contributed by atoms with Crippen LogP contribution in [0, 0.1) is 13.8 Å². The fourth-order valence-corrected chi connectivity index (χ4v) is 2.80. The summed E-state index contributed by atoms with van der Waals surface area (Å²) in [6.07, 6.45) is 0. The Hall–Kier alpha value is -1.81. The number of aryl methyl sites for hydroxylation is 2. The van der Waals surface area contributed by atoms with Crippen LogP contribution in [-0.4, -0.2) is 12.6 Å². The second-order valence-electron chi connectivity index (χ2n) is 5.89. The van der Waals surface area contributed by atoms with Gasteiger partial charge in [0.15, 0.2) is 6.61 Å². The Balaban J connectivity index is 2.03. The van der Waals surface area contributed by atoms with Gasteiger partial charge in [-0.15, -0.1) is 0 Å². The van der Waals surface area contributed by atoms with Crippen LogP contribution in [0.4, 0.5) is 0 Å². The van der Waals surface area contributed by atoms with E-state index in [1.807, 2.05) is 44.2 Å². The van der Waals surface area contributed by atoms with Crippen molar-refractivity contribution in [2.24, 2.45) is 0 Å². The van der Waals surface area contributed by atoms with E-state index < -0.39 is 5.97 Å². The predicted molar refractivity (Wildman–Crippen MR) is 95.3 cm³/mol. The molecule has 3 nitrogen and oxygen atoms in total. The van der Waals surface area contributed by atoms with E-state index >= 15 is 0 Å². The number of esters is 1. The van der Waals surface area contributed by atoms with Gasteiger partial charge in [0.2, 0.25) is 0 Å². The second kappa shape index (κ2) is 7.64. The zero-order valence-electron chi connectivity index (χ0n) is 13.9. The smallest absolute Gasteiger partial charge is 0.349 e. The van der Waals surface area contributed by atoms with Crippen molar-refractivity contribution in [3.63, 3.8) is 0 Å². The molecule has 0 fully saturated rings. The monoisotopic (exact) mass is 376 g/mol. The lowest BCUT2D eigenvalue weighted by Crippen LogP contribution is -2.18. The summed E-state index contributed by atoms with van der Waals surface area (Å²) < 4.78 is 11.8. The number of rotatable bonds is 5. The van der Waals surface area contributed by atoms with Gasteiger partial charge in [0.25, 0.3) is 0 Å². The van der Waals surface area contributed by atoms with Crippen LogP contribution < -0.4 is 9.47 Å². The Morgan fingerprint density at radius 1 is 1.04 bits per heavy atom. The second-order valence-corrected chi connectivity index (χ2v) is 6.75. The van der Waals surface area contributed by atoms with Crippen molar-refractivity contribution in [1.29, 1.82) is 0 Å². The molecule has 0 heterocycles. The molecule has 0 aliphatic carbocycles. The number of hydrogen-bond donors (Lipinski definition) is 0. The van der Waals surface area contributed by atoms with Crippen LogP contribution in [0.1, 0.15) is 36.5 Å². The molecule has 2 aromatic rings. The molecule has 0 unspecified atom stereocenters. The fraction of sp³-hybridized carbons (Fsp3) is 0.316. The standard InChI is InChI=1S/C19H21BrO3/c1-12(2)15-7-5-14(4)10-18(15)22-11-19(21)23-17-8-6-13(3)9-16(17)20/h5-10,12H,11H2,1-4H3. The van der Waals surface area contributed by atoms with Gasteiger partial charge in [0.05, 0.1) is 4.47 Å². The average molecular weight is 377 g/mol. The third-order valence-corrected chi connectivity index (χ3v) is 4.07. The maximum atomic E-state index is 12.0. The summed E-state index contributed by atoms with van der Waals surface area (Å²) in [4.78, 5) is 12.0. The highest BCUT2D eigenvalue weighted by Gasteiger charge is 2.12. The van der Waals surface area contributed by atoms with Crippen LogP contribution >= 0.6 is 15.9 Å². The Morgan fingerprint density at radius 2 is 1.70 bits per heavy atom. The van der Waals surface area contributed by atoms with Crippen molar-refractivity contribution in [3.8, 4) is 11.5 Å². The lowest BCUT2D eigenvalue weighted by molar-refractivity contribution is -0.136. The highest BCUT2D eigenvalue weighted by Crippen LogP contribution is 2.28. The van der Waals surface area contributed by atoms with Gasteiger partial charge in [-0.05, 0) is 70.6 Å². The number of carbonyl (C=O) groups excluding carboxylic acids is 1. The van der Waals surface area contributed by atoms with Gasteiger partial charge in [-0.25, -0.2) is 4.79 Å². The van der Waals surface area contributed by atoms with Crippen molar-refractivity contribution in [1.82, 2.24) is 0 Å². The first-order valence-corrected chi connectivity index (χ1v) is 8.36. The summed E-state index contributed by atoms with van der Waals surface area (Å²) >= 11 is 3.39. The molecule has 0 atom stereocenters. The topological polar surface area (TPSA) is 35.5 Å². The van der Waals surface area contributed by atoms with Gasteiger partial charge < -0.3 is 9.47 Å². The lowest BCUT2D eigenvalue weighted by Gasteiger charge is -2.14. The first kappa shape index (κ1) is 17.5. The Kier molecular flexibility index (Phi) is 5.83. The summed E-state index contributed by atoms with van der Waals surface area (Å²) in [7, 11) is 0. The summed E-state index contributed by atoms with van der Waals surface area (Å²) in [5.41, 5.74) is 3.27. The summed E-state index contributed by atoms with van der Waals surface area (Å²) in [6, 6.07) is 11.6. The van der Waals surface area contributed by atoms with Crippen LogP contribution in [0.2, 0.25) is 0 Å². The van der Waals surface area contributed by atoms with Crippen molar-refractivity contribution in [2.45, 2.75) is 33.6 Å². The molecule has 0 spiro atoms. The van der Waals surface area contributed by atoms with Gasteiger partial charge in [0, 0.05) is 0 Å². The molecular formula is C19H21BrO3. The van der Waals surface area contributed by atoms with Crippen LogP contribution in [0.3, 0.4) is 0 Å². The molecule has 0 aromatic heterocycles. The molecule has 0 aliphatic rings. The van der Waals surface area contributed by atoms with Gasteiger partial charge in [-0.1, -0.05) is 32.0 Å². The van der Waals surface area contributed by atoms with E-state index in [2.05, 4.69) is 29.8 Å². The molecule has 0 N–H and O–H groups in total. The normalized spacial score (nSPS) is 10.7. The van der Waals surface area contributed by atoms with E-state index in [0.29, 0.717) is 11.7 Å². The third kappa shape index (κ3) is 4.83. The first-order valence-electron chi connectivity index (χ1n) is 7.57. The molecule has 0 aliphatic heterocycles. The van der Waals surface area contributed by atoms with E-state index in [-0.39, 0.29) is 6.61 Å². The zero-order chi connectivity index (χ0) is 17.0. The van der Waals surface area contributed by atoms with Crippen molar-refractivity contribution in [3.05, 3.63) is 57.6 Å². The Morgan fingerprint density at radius 3 is 2.35 bits per heavy atom. The number of ether oxygens (including phenoxy) is 2. The third-order valence-electron chi connectivity index (χ3n) is 3.45. The SMILES string of the molecule is Cc1ccc(OC(=O)COc2cc(C)ccc2C(C)C)c(Br)c1. The minimum atomic E-state index is -0.425. The van der Waals surface area contributed by atoms with Crippen molar-refractivity contribution >= 4 is 21.9 Å². The first-order chi connectivity index (χ1) is 10.9. The number of benzene rings is 2. The highest BCUT2D eigenvalue weighted by atomic mass is 79.9. The van der Waals surface area contributed by atoms with Crippen LogP contribution in [-0.2, 0) is 4.79 Å². The molecule has 122 valence electrons. The molecule has 2 rings (SSSR count). The minimum absolute atomic E-state index is 0.122. The van der Waals surface area contributed by atoms with Crippen LogP contribution in [0.5, 0.6) is 11.5 Å². The van der Waals surface area contributed by atoms with E-state index in [1.54, 1.807) is 6.07 Å². The number of hydrogen-bond acceptors (Lipinski definition) is 3. The lowest BCUT2D eigenvalue weighted by atomic mass is 10.0. The minimum Gasteiger partial charge on any atom is -0.482 e. The van der Waals surface area contributed by atoms with Gasteiger partial charge >= 0.3 is 5.97 Å². The van der Waals surface area contributed by atoms with Gasteiger partial charge in [-0.3, -0.25) is 0 Å². The molecule has 4 heteroatoms. The van der Waals surface area contributed by atoms with E-state index in [4.69, 9.17) is 9.47 Å². The zero-order valence-corrected chi connectivity index (χ0v) is 15.4. The maximum Gasteiger partial charge on any atom is 0.349 e. The average Bonchev–Trinajstić information content (AvgIpc) is 2.48. The molecule has 0 saturated carbocycles. The van der Waals surface area contributed by atoms with Gasteiger partial charge in [-0.2, -0.15) is 0 Å². The quantitative estimate of drug-likeness (QED) is 0.533. The van der Waals surface area contributed by atoms with Crippen molar-refractivity contribution < 1.29 is 14.3 Å². The molecule has 23 heavy (non-hydrogen) atoms. The Labute approximate surface area is 145 Å². The Bertz CT molecular complexity index is 708. The molecular weight excluding hydrogens is 356 g/mol. The van der Waals surface area contributed by atoms with E-state index in [1.165, 1.54) is 0 Å². The summed E-state index contributed by atoms with van der Waals surface area (Å²) in [5, 5.41) is 0. The van der Waals surface area contributed by atoms with E-state index in [9.17, 15) is 4.79 Å². The summed E-state index contributed by atoms with van der Waals surface area (Å²) in [6.45, 7) is 8.05. The fourth-order valence-electron chi connectivity index (χ4n) is 2.22. The van der Waals surface area contributed by atoms with Crippen LogP contribution in [0.15, 0.2) is 40.9 Å². The molecule has 0 bridgehead atoms. The van der Waals surface area contributed by atoms with Crippen molar-refractivity contribution in [2.75, 3.05) is 6.61 Å². The predicted octanol–water partition coefficient (Wildman–Crippen LogP) is 5.17. The van der Waals surface area contributed by atoms with Gasteiger partial charge in [0.1, 0.15) is 11.5 Å². The number of carbonyl (C=O) groups is 1. The largest absolute Gasteiger partial charge is 0.482 e. The van der Waals surface area contributed by atoms with Crippen LogP contribution in [0.25, 0.3) is 0 Å². The molecule has 2 aromatic carbocycles. The number of halogens is 1. The van der Waals surface area contributed by atoms with E-state index in [0.717, 1.165) is 26.9 Å². The molecule has 0 radical (unpaired) electrons. The summed E-state index contributed by atoms with van der Waals surface area (Å²) in [5.74, 6) is 1.14. The molecule has 0 amide bonds. The highest BCUT2D eigenvalue weighted by molar-refractivity contribution is 9.10.